The molecule has 0 radical (unpaired) electrons. The van der Waals surface area contributed by atoms with Crippen LogP contribution in [-0.2, 0) is 6.54 Å². The van der Waals surface area contributed by atoms with Gasteiger partial charge in [0.1, 0.15) is 5.01 Å². The molecule has 3 rings (SSSR count). The van der Waals surface area contributed by atoms with Crippen molar-refractivity contribution in [3.8, 4) is 0 Å². The quantitative estimate of drug-likeness (QED) is 0.918. The van der Waals surface area contributed by atoms with Gasteiger partial charge in [-0.15, -0.1) is 11.3 Å². The van der Waals surface area contributed by atoms with Gasteiger partial charge >= 0.3 is 0 Å². The fraction of sp³-hybridized carbons (Fsp3) is 0.824. The lowest BCUT2D eigenvalue weighted by molar-refractivity contribution is -0.00217. The van der Waals surface area contributed by atoms with Gasteiger partial charge in [0.05, 0.1) is 6.54 Å². The van der Waals surface area contributed by atoms with E-state index in [0.29, 0.717) is 11.1 Å². The summed E-state index contributed by atoms with van der Waals surface area (Å²) in [6.45, 7) is 10.1. The topological polar surface area (TPSA) is 28.2 Å². The molecule has 0 bridgehead atoms. The molecule has 1 aliphatic heterocycles. The van der Waals surface area contributed by atoms with Gasteiger partial charge in [0.15, 0.2) is 0 Å². The van der Waals surface area contributed by atoms with E-state index in [0.717, 1.165) is 6.54 Å². The standard InChI is InChI=1S/C17H29N3S/c1-4-16(5-2)13-20(10-15-19-14(3)11-21-15)17(12-18-16)8-6-7-9-17/h11,18H,4-10,12-13H2,1-3H3. The molecule has 2 fully saturated rings. The molecule has 1 N–H and O–H groups in total. The van der Waals surface area contributed by atoms with Crippen molar-refractivity contribution in [3.05, 3.63) is 16.1 Å². The Morgan fingerprint density at radius 1 is 1.29 bits per heavy atom. The monoisotopic (exact) mass is 307 g/mol. The van der Waals surface area contributed by atoms with Gasteiger partial charge in [-0.1, -0.05) is 26.7 Å². The zero-order valence-corrected chi connectivity index (χ0v) is 14.6. The van der Waals surface area contributed by atoms with E-state index in [9.17, 15) is 0 Å². The number of piperazine rings is 1. The zero-order valence-electron chi connectivity index (χ0n) is 13.7. The molecule has 0 atom stereocenters. The van der Waals surface area contributed by atoms with E-state index in [4.69, 9.17) is 4.98 Å². The Bertz CT molecular complexity index is 472. The number of nitrogens with one attached hydrogen (secondary N) is 1. The van der Waals surface area contributed by atoms with E-state index < -0.39 is 0 Å². The second kappa shape index (κ2) is 5.98. The Morgan fingerprint density at radius 2 is 2.00 bits per heavy atom. The summed E-state index contributed by atoms with van der Waals surface area (Å²) in [5.41, 5.74) is 1.87. The van der Waals surface area contributed by atoms with E-state index in [2.05, 4.69) is 36.4 Å². The molecule has 0 amide bonds. The smallest absolute Gasteiger partial charge is 0.107 e. The lowest BCUT2D eigenvalue weighted by atomic mass is 9.82. The van der Waals surface area contributed by atoms with Crippen LogP contribution in [0, 0.1) is 6.92 Å². The molecule has 3 nitrogen and oxygen atoms in total. The number of rotatable bonds is 4. The molecule has 21 heavy (non-hydrogen) atoms. The van der Waals surface area contributed by atoms with E-state index in [1.54, 1.807) is 0 Å². The fourth-order valence-corrected chi connectivity index (χ4v) is 4.95. The van der Waals surface area contributed by atoms with Crippen LogP contribution in [0.15, 0.2) is 5.38 Å². The van der Waals surface area contributed by atoms with Crippen molar-refractivity contribution in [1.29, 1.82) is 0 Å². The first kappa shape index (κ1) is 15.4. The van der Waals surface area contributed by atoms with Gasteiger partial charge in [0.2, 0.25) is 0 Å². The molecule has 1 saturated carbocycles. The summed E-state index contributed by atoms with van der Waals surface area (Å²) >= 11 is 1.83. The molecule has 1 spiro atoms. The van der Waals surface area contributed by atoms with Crippen LogP contribution < -0.4 is 5.32 Å². The maximum atomic E-state index is 4.72. The van der Waals surface area contributed by atoms with Crippen molar-refractivity contribution >= 4 is 11.3 Å². The van der Waals surface area contributed by atoms with Crippen molar-refractivity contribution in [2.45, 2.75) is 76.9 Å². The molecular weight excluding hydrogens is 278 g/mol. The lowest BCUT2D eigenvalue weighted by Crippen LogP contribution is -2.68. The molecule has 2 heterocycles. The van der Waals surface area contributed by atoms with Crippen molar-refractivity contribution < 1.29 is 0 Å². The predicted molar refractivity (Wildman–Crippen MR) is 89.8 cm³/mol. The Balaban J connectivity index is 1.82. The molecule has 1 saturated heterocycles. The molecule has 0 unspecified atom stereocenters. The third-order valence-electron chi connectivity index (χ3n) is 5.84. The van der Waals surface area contributed by atoms with Gasteiger partial charge in [0, 0.05) is 35.2 Å². The van der Waals surface area contributed by atoms with E-state index in [1.807, 2.05) is 11.3 Å². The summed E-state index contributed by atoms with van der Waals surface area (Å²) in [6, 6.07) is 0. The number of thiazole rings is 1. The van der Waals surface area contributed by atoms with Crippen molar-refractivity contribution in [1.82, 2.24) is 15.2 Å². The van der Waals surface area contributed by atoms with E-state index >= 15 is 0 Å². The minimum absolute atomic E-state index is 0.306. The molecule has 118 valence electrons. The first-order valence-electron chi connectivity index (χ1n) is 8.52. The molecule has 1 aromatic heterocycles. The van der Waals surface area contributed by atoms with Gasteiger partial charge in [-0.3, -0.25) is 4.90 Å². The van der Waals surface area contributed by atoms with Crippen molar-refractivity contribution in [2.24, 2.45) is 0 Å². The zero-order chi connectivity index (χ0) is 14.9. The number of hydrogen-bond donors (Lipinski definition) is 1. The molecule has 1 aliphatic carbocycles. The fourth-order valence-electron chi connectivity index (χ4n) is 4.16. The van der Waals surface area contributed by atoms with Crippen LogP contribution in [0.3, 0.4) is 0 Å². The summed E-state index contributed by atoms with van der Waals surface area (Å²) in [5.74, 6) is 0. The largest absolute Gasteiger partial charge is 0.308 e. The van der Waals surface area contributed by atoms with Crippen LogP contribution in [0.4, 0.5) is 0 Å². The maximum Gasteiger partial charge on any atom is 0.107 e. The Hall–Kier alpha value is -0.450. The van der Waals surface area contributed by atoms with Crippen LogP contribution in [0.1, 0.15) is 63.1 Å². The summed E-state index contributed by atoms with van der Waals surface area (Å²) in [7, 11) is 0. The summed E-state index contributed by atoms with van der Waals surface area (Å²) in [5, 5.41) is 7.41. The number of aryl methyl sites for hydroxylation is 1. The first-order chi connectivity index (χ1) is 10.1. The highest BCUT2D eigenvalue weighted by molar-refractivity contribution is 7.09. The normalized spacial score (nSPS) is 24.7. The van der Waals surface area contributed by atoms with Gasteiger partial charge in [-0.05, 0) is 32.6 Å². The second-order valence-electron chi connectivity index (χ2n) is 7.01. The van der Waals surface area contributed by atoms with Gasteiger partial charge in [0.25, 0.3) is 0 Å². The van der Waals surface area contributed by atoms with Crippen LogP contribution in [0.5, 0.6) is 0 Å². The second-order valence-corrected chi connectivity index (χ2v) is 7.95. The highest BCUT2D eigenvalue weighted by atomic mass is 32.1. The SMILES string of the molecule is CCC1(CC)CN(Cc2nc(C)cs2)C2(CCCC2)CN1. The summed E-state index contributed by atoms with van der Waals surface area (Å²) in [6.07, 6.45) is 7.92. The van der Waals surface area contributed by atoms with Crippen LogP contribution in [0.25, 0.3) is 0 Å². The lowest BCUT2D eigenvalue weighted by Gasteiger charge is -2.53. The van der Waals surface area contributed by atoms with E-state index in [1.165, 1.54) is 62.3 Å². The summed E-state index contributed by atoms with van der Waals surface area (Å²) < 4.78 is 0. The summed E-state index contributed by atoms with van der Waals surface area (Å²) in [4.78, 5) is 7.49. The van der Waals surface area contributed by atoms with Gasteiger partial charge in [-0.2, -0.15) is 0 Å². The average Bonchev–Trinajstić information content (AvgIpc) is 3.12. The predicted octanol–water partition coefficient (Wildman–Crippen LogP) is 3.73. The molecular formula is C17H29N3S. The minimum atomic E-state index is 0.306. The molecule has 2 aliphatic rings. The number of aromatic nitrogens is 1. The minimum Gasteiger partial charge on any atom is -0.308 e. The molecule has 0 aromatic carbocycles. The number of nitrogens with zero attached hydrogens (tertiary/aromatic N) is 2. The van der Waals surface area contributed by atoms with Crippen molar-refractivity contribution in [3.63, 3.8) is 0 Å². The van der Waals surface area contributed by atoms with Gasteiger partial charge in [-0.25, -0.2) is 4.98 Å². The molecule has 4 heteroatoms. The highest BCUT2D eigenvalue weighted by Crippen LogP contribution is 2.40. The van der Waals surface area contributed by atoms with Gasteiger partial charge < -0.3 is 5.32 Å². The molecule has 1 aromatic rings. The van der Waals surface area contributed by atoms with Crippen LogP contribution in [0.2, 0.25) is 0 Å². The van der Waals surface area contributed by atoms with E-state index in [-0.39, 0.29) is 0 Å². The third-order valence-corrected chi connectivity index (χ3v) is 6.79. The van der Waals surface area contributed by atoms with Crippen LogP contribution in [-0.4, -0.2) is 34.1 Å². The Kier molecular flexibility index (Phi) is 4.40. The van der Waals surface area contributed by atoms with Crippen molar-refractivity contribution in [2.75, 3.05) is 13.1 Å². The Labute approximate surface area is 133 Å². The average molecular weight is 308 g/mol. The Morgan fingerprint density at radius 3 is 2.57 bits per heavy atom. The highest BCUT2D eigenvalue weighted by Gasteiger charge is 2.47. The van der Waals surface area contributed by atoms with Crippen LogP contribution >= 0.6 is 11.3 Å². The maximum absolute atomic E-state index is 4.72. The number of hydrogen-bond acceptors (Lipinski definition) is 4. The third kappa shape index (κ3) is 2.90. The first-order valence-corrected chi connectivity index (χ1v) is 9.40.